The molecule has 0 aromatic heterocycles. The van der Waals surface area contributed by atoms with Crippen LogP contribution in [0, 0.1) is 0 Å². The number of amides is 3. The molecular formula is C23H34N4O3. The number of nitrogens with zero attached hydrogens (tertiary/aromatic N) is 3. The van der Waals surface area contributed by atoms with Crippen LogP contribution in [0.2, 0.25) is 0 Å². The summed E-state index contributed by atoms with van der Waals surface area (Å²) in [5.74, 6) is 1.03. The molecule has 1 aromatic carbocycles. The third kappa shape index (κ3) is 5.98. The standard InChI is InChI=1S/C23H34N4O3/c1-4-9-25-10-12-26(13-11-25)22(28)8-6-19-5-7-21-20(16-19)17-27(14-15-30-21)23(29)24-18(2)3/h4-5,7,16,18H,1,6,8-15,17H2,2-3H3,(H,24,29). The van der Waals surface area contributed by atoms with Gasteiger partial charge in [0.15, 0.2) is 0 Å². The second-order valence-electron chi connectivity index (χ2n) is 8.29. The fraction of sp³-hybridized carbons (Fsp3) is 0.565. The first-order chi connectivity index (χ1) is 14.5. The van der Waals surface area contributed by atoms with Crippen molar-refractivity contribution in [2.24, 2.45) is 0 Å². The monoisotopic (exact) mass is 414 g/mol. The van der Waals surface area contributed by atoms with Crippen LogP contribution in [0.3, 0.4) is 0 Å². The van der Waals surface area contributed by atoms with Crippen molar-refractivity contribution in [1.29, 1.82) is 0 Å². The van der Waals surface area contributed by atoms with Crippen molar-refractivity contribution in [3.8, 4) is 5.75 Å². The van der Waals surface area contributed by atoms with Crippen LogP contribution in [0.1, 0.15) is 31.4 Å². The average molecular weight is 415 g/mol. The molecule has 1 fully saturated rings. The van der Waals surface area contributed by atoms with Crippen LogP contribution in [-0.4, -0.2) is 78.6 Å². The van der Waals surface area contributed by atoms with Gasteiger partial charge in [-0.05, 0) is 31.9 Å². The van der Waals surface area contributed by atoms with Gasteiger partial charge in [0.25, 0.3) is 0 Å². The van der Waals surface area contributed by atoms with E-state index in [4.69, 9.17) is 4.74 Å². The molecule has 0 unspecified atom stereocenters. The third-order valence-electron chi connectivity index (χ3n) is 5.54. The van der Waals surface area contributed by atoms with Gasteiger partial charge in [0, 0.05) is 50.7 Å². The number of rotatable bonds is 6. The van der Waals surface area contributed by atoms with Gasteiger partial charge in [0.1, 0.15) is 12.4 Å². The molecule has 0 spiro atoms. The summed E-state index contributed by atoms with van der Waals surface area (Å²) in [5.41, 5.74) is 2.09. The predicted octanol–water partition coefficient (Wildman–Crippen LogP) is 2.26. The van der Waals surface area contributed by atoms with Crippen LogP contribution < -0.4 is 10.1 Å². The highest BCUT2D eigenvalue weighted by Gasteiger charge is 2.22. The van der Waals surface area contributed by atoms with Crippen molar-refractivity contribution in [2.75, 3.05) is 45.9 Å². The average Bonchev–Trinajstić information content (AvgIpc) is 2.94. The molecule has 164 valence electrons. The fourth-order valence-corrected chi connectivity index (χ4v) is 3.89. The van der Waals surface area contributed by atoms with Gasteiger partial charge in [-0.1, -0.05) is 18.2 Å². The zero-order valence-corrected chi connectivity index (χ0v) is 18.2. The molecular weight excluding hydrogens is 380 g/mol. The molecule has 3 amide bonds. The number of aryl methyl sites for hydroxylation is 1. The van der Waals surface area contributed by atoms with Crippen molar-refractivity contribution >= 4 is 11.9 Å². The molecule has 30 heavy (non-hydrogen) atoms. The Morgan fingerprint density at radius 3 is 2.63 bits per heavy atom. The van der Waals surface area contributed by atoms with E-state index < -0.39 is 0 Å². The zero-order chi connectivity index (χ0) is 21.5. The van der Waals surface area contributed by atoms with E-state index in [1.54, 1.807) is 4.90 Å². The lowest BCUT2D eigenvalue weighted by Gasteiger charge is -2.34. The SMILES string of the molecule is C=CCN1CCN(C(=O)CCc2ccc3c(c2)CN(C(=O)NC(C)C)CCO3)CC1. The molecule has 2 heterocycles. The maximum atomic E-state index is 12.6. The van der Waals surface area contributed by atoms with Gasteiger partial charge in [-0.3, -0.25) is 9.69 Å². The van der Waals surface area contributed by atoms with E-state index in [1.807, 2.05) is 37.0 Å². The van der Waals surface area contributed by atoms with Gasteiger partial charge in [-0.15, -0.1) is 6.58 Å². The number of fused-ring (bicyclic) bond motifs is 1. The Bertz CT molecular complexity index is 757. The highest BCUT2D eigenvalue weighted by atomic mass is 16.5. The van der Waals surface area contributed by atoms with Crippen LogP contribution in [0.5, 0.6) is 5.75 Å². The normalized spacial score (nSPS) is 17.2. The maximum absolute atomic E-state index is 12.6. The molecule has 0 radical (unpaired) electrons. The van der Waals surface area contributed by atoms with Gasteiger partial charge in [0.2, 0.25) is 5.91 Å². The number of benzene rings is 1. The minimum atomic E-state index is -0.0716. The summed E-state index contributed by atoms with van der Waals surface area (Å²) in [6, 6.07) is 6.09. The summed E-state index contributed by atoms with van der Waals surface area (Å²) >= 11 is 0. The van der Waals surface area contributed by atoms with Gasteiger partial charge in [-0.2, -0.15) is 0 Å². The van der Waals surface area contributed by atoms with Crippen LogP contribution in [0.4, 0.5) is 4.79 Å². The Morgan fingerprint density at radius 1 is 1.17 bits per heavy atom. The van der Waals surface area contributed by atoms with Crippen LogP contribution in [0.15, 0.2) is 30.9 Å². The lowest BCUT2D eigenvalue weighted by atomic mass is 10.0. The molecule has 7 nitrogen and oxygen atoms in total. The van der Waals surface area contributed by atoms with Gasteiger partial charge in [-0.25, -0.2) is 4.79 Å². The zero-order valence-electron chi connectivity index (χ0n) is 18.2. The molecule has 1 saturated heterocycles. The summed E-state index contributed by atoms with van der Waals surface area (Å²) in [5, 5.41) is 2.95. The number of piperazine rings is 1. The van der Waals surface area contributed by atoms with E-state index in [0.29, 0.717) is 32.5 Å². The minimum absolute atomic E-state index is 0.0716. The van der Waals surface area contributed by atoms with Gasteiger partial charge in [0.05, 0.1) is 13.1 Å². The number of hydrogen-bond donors (Lipinski definition) is 1. The molecule has 0 saturated carbocycles. The number of urea groups is 1. The summed E-state index contributed by atoms with van der Waals surface area (Å²) in [4.78, 5) is 31.1. The first-order valence-electron chi connectivity index (χ1n) is 10.9. The smallest absolute Gasteiger partial charge is 0.318 e. The quantitative estimate of drug-likeness (QED) is 0.726. The minimum Gasteiger partial charge on any atom is -0.491 e. The number of nitrogens with one attached hydrogen (secondary N) is 1. The van der Waals surface area contributed by atoms with Crippen molar-refractivity contribution in [3.05, 3.63) is 42.0 Å². The maximum Gasteiger partial charge on any atom is 0.318 e. The van der Waals surface area contributed by atoms with Gasteiger partial charge < -0.3 is 19.9 Å². The summed E-state index contributed by atoms with van der Waals surface area (Å²) in [6.07, 6.45) is 3.10. The Hall–Kier alpha value is -2.54. The summed E-state index contributed by atoms with van der Waals surface area (Å²) in [7, 11) is 0. The number of ether oxygens (including phenoxy) is 1. The van der Waals surface area contributed by atoms with E-state index in [0.717, 1.165) is 49.6 Å². The molecule has 2 aliphatic heterocycles. The second kappa shape index (κ2) is 10.5. The third-order valence-corrected chi connectivity index (χ3v) is 5.54. The number of carbonyl (C=O) groups is 2. The Kier molecular flexibility index (Phi) is 7.74. The van der Waals surface area contributed by atoms with Crippen molar-refractivity contribution < 1.29 is 14.3 Å². The molecule has 0 aliphatic carbocycles. The fourth-order valence-electron chi connectivity index (χ4n) is 3.89. The lowest BCUT2D eigenvalue weighted by molar-refractivity contribution is -0.132. The summed E-state index contributed by atoms with van der Waals surface area (Å²) < 4.78 is 5.83. The topological polar surface area (TPSA) is 65.1 Å². The van der Waals surface area contributed by atoms with Gasteiger partial charge >= 0.3 is 6.03 Å². The molecule has 7 heteroatoms. The highest BCUT2D eigenvalue weighted by molar-refractivity contribution is 5.76. The van der Waals surface area contributed by atoms with E-state index >= 15 is 0 Å². The largest absolute Gasteiger partial charge is 0.491 e. The van der Waals surface area contributed by atoms with E-state index in [-0.39, 0.29) is 18.0 Å². The molecule has 2 aliphatic rings. The predicted molar refractivity (Wildman–Crippen MR) is 118 cm³/mol. The Morgan fingerprint density at radius 2 is 1.93 bits per heavy atom. The molecule has 0 atom stereocenters. The molecule has 1 N–H and O–H groups in total. The highest BCUT2D eigenvalue weighted by Crippen LogP contribution is 2.25. The van der Waals surface area contributed by atoms with E-state index in [1.165, 1.54) is 0 Å². The number of carbonyl (C=O) groups excluding carboxylic acids is 2. The first kappa shape index (κ1) is 22.2. The van der Waals surface area contributed by atoms with Crippen LogP contribution in [-0.2, 0) is 17.8 Å². The number of hydrogen-bond acceptors (Lipinski definition) is 4. The molecule has 1 aromatic rings. The summed E-state index contributed by atoms with van der Waals surface area (Å²) in [6.45, 7) is 13.5. The Balaban J connectivity index is 1.55. The Labute approximate surface area is 179 Å². The molecule has 3 rings (SSSR count). The lowest BCUT2D eigenvalue weighted by Crippen LogP contribution is -2.48. The molecule has 0 bridgehead atoms. The van der Waals surface area contributed by atoms with E-state index in [2.05, 4.69) is 22.9 Å². The van der Waals surface area contributed by atoms with Crippen LogP contribution in [0.25, 0.3) is 0 Å². The first-order valence-corrected chi connectivity index (χ1v) is 10.9. The van der Waals surface area contributed by atoms with Crippen LogP contribution >= 0.6 is 0 Å². The van der Waals surface area contributed by atoms with Crippen molar-refractivity contribution in [3.63, 3.8) is 0 Å². The van der Waals surface area contributed by atoms with Crippen molar-refractivity contribution in [2.45, 2.75) is 39.3 Å². The van der Waals surface area contributed by atoms with Crippen molar-refractivity contribution in [1.82, 2.24) is 20.0 Å². The second-order valence-corrected chi connectivity index (χ2v) is 8.29. The van der Waals surface area contributed by atoms with E-state index in [9.17, 15) is 9.59 Å².